The normalized spacial score (nSPS) is 19.1. The fourth-order valence-corrected chi connectivity index (χ4v) is 4.66. The summed E-state index contributed by atoms with van der Waals surface area (Å²) in [7, 11) is 1.68. The number of piperidine rings is 1. The minimum Gasteiger partial charge on any atom is -0.497 e. The van der Waals surface area contributed by atoms with E-state index in [0.717, 1.165) is 30.2 Å². The summed E-state index contributed by atoms with van der Waals surface area (Å²) in [6, 6.07) is 12.5. The molecule has 1 aliphatic heterocycles. The van der Waals surface area contributed by atoms with Crippen LogP contribution < -0.4 is 4.74 Å². The number of methoxy groups -OCH3 is 1. The first-order valence-corrected chi connectivity index (χ1v) is 10.3. The zero-order chi connectivity index (χ0) is 18.6. The smallest absolute Gasteiger partial charge is 0.174 e. The van der Waals surface area contributed by atoms with Crippen molar-refractivity contribution in [3.63, 3.8) is 0 Å². The lowest BCUT2D eigenvalue weighted by atomic mass is 9.98. The van der Waals surface area contributed by atoms with Crippen molar-refractivity contribution in [3.8, 4) is 5.75 Å². The summed E-state index contributed by atoms with van der Waals surface area (Å²) in [5.74, 6) is 2.48. The maximum absolute atomic E-state index is 5.25. The molecular weight excluding hydrogens is 358 g/mol. The largest absolute Gasteiger partial charge is 0.497 e. The summed E-state index contributed by atoms with van der Waals surface area (Å²) < 4.78 is 7.19. The molecule has 4 rings (SSSR count). The van der Waals surface area contributed by atoms with Crippen LogP contribution in [0.3, 0.4) is 0 Å². The molecule has 7 heteroatoms. The van der Waals surface area contributed by atoms with Crippen LogP contribution in [0.15, 0.2) is 41.8 Å². The van der Waals surface area contributed by atoms with Gasteiger partial charge in [-0.1, -0.05) is 25.1 Å². The molecule has 0 radical (unpaired) electrons. The van der Waals surface area contributed by atoms with Crippen LogP contribution in [0.1, 0.15) is 42.1 Å². The Balaban J connectivity index is 1.64. The molecule has 2 atom stereocenters. The van der Waals surface area contributed by atoms with Gasteiger partial charge < -0.3 is 4.74 Å². The van der Waals surface area contributed by atoms with E-state index in [0.29, 0.717) is 12.5 Å². The van der Waals surface area contributed by atoms with Crippen molar-refractivity contribution in [1.82, 2.24) is 25.1 Å². The van der Waals surface area contributed by atoms with Gasteiger partial charge in [0.15, 0.2) is 5.82 Å². The molecule has 3 heterocycles. The molecule has 1 aromatic carbocycles. The Morgan fingerprint density at radius 2 is 2.11 bits per heavy atom. The fourth-order valence-electron chi connectivity index (χ4n) is 3.80. The molecule has 0 aliphatic carbocycles. The number of tetrazole rings is 1. The molecular formula is C20H25N5OS. The van der Waals surface area contributed by atoms with Gasteiger partial charge in [-0.05, 0) is 64.9 Å². The quantitative estimate of drug-likeness (QED) is 0.651. The number of nitrogens with zero attached hydrogens (tertiary/aromatic N) is 5. The molecule has 0 unspecified atom stereocenters. The molecule has 1 saturated heterocycles. The van der Waals surface area contributed by atoms with Gasteiger partial charge >= 0.3 is 0 Å². The summed E-state index contributed by atoms with van der Waals surface area (Å²) in [5.41, 5.74) is 1.15. The van der Waals surface area contributed by atoms with Gasteiger partial charge in [0.25, 0.3) is 0 Å². The highest BCUT2D eigenvalue weighted by Crippen LogP contribution is 2.33. The molecule has 6 nitrogen and oxygen atoms in total. The molecule has 0 amide bonds. The molecule has 27 heavy (non-hydrogen) atoms. The summed E-state index contributed by atoms with van der Waals surface area (Å²) in [5, 5.41) is 14.9. The summed E-state index contributed by atoms with van der Waals surface area (Å²) >= 11 is 1.78. The summed E-state index contributed by atoms with van der Waals surface area (Å²) in [6.45, 7) is 5.15. The van der Waals surface area contributed by atoms with Crippen molar-refractivity contribution < 1.29 is 4.74 Å². The number of rotatable bonds is 6. The van der Waals surface area contributed by atoms with E-state index >= 15 is 0 Å². The fraction of sp³-hybridized carbons (Fsp3) is 0.450. The average Bonchev–Trinajstić information content (AvgIpc) is 3.36. The Morgan fingerprint density at radius 1 is 1.26 bits per heavy atom. The predicted octanol–water partition coefficient (Wildman–Crippen LogP) is 3.61. The lowest BCUT2D eigenvalue weighted by Gasteiger charge is -2.36. The van der Waals surface area contributed by atoms with Crippen molar-refractivity contribution in [1.29, 1.82) is 0 Å². The number of hydrogen-bond donors (Lipinski definition) is 0. The minimum absolute atomic E-state index is 0.112. The maximum Gasteiger partial charge on any atom is 0.174 e. The lowest BCUT2D eigenvalue weighted by Crippen LogP contribution is -2.38. The molecule has 0 spiro atoms. The van der Waals surface area contributed by atoms with Crippen LogP contribution >= 0.6 is 11.3 Å². The van der Waals surface area contributed by atoms with Crippen LogP contribution in [0.4, 0.5) is 0 Å². The number of thiophene rings is 1. The zero-order valence-electron chi connectivity index (χ0n) is 15.8. The van der Waals surface area contributed by atoms with Crippen LogP contribution in [0.5, 0.6) is 5.75 Å². The van der Waals surface area contributed by atoms with Gasteiger partial charge in [-0.3, -0.25) is 4.90 Å². The van der Waals surface area contributed by atoms with Gasteiger partial charge in [-0.2, -0.15) is 0 Å². The van der Waals surface area contributed by atoms with Crippen LogP contribution in [-0.2, 0) is 6.54 Å². The molecule has 0 N–H and O–H groups in total. The number of likely N-dealkylation sites (tertiary alicyclic amines) is 1. The third kappa shape index (κ3) is 4.04. The van der Waals surface area contributed by atoms with Crippen molar-refractivity contribution in [3.05, 3.63) is 58.0 Å². The number of aromatic nitrogens is 4. The second kappa shape index (κ2) is 8.19. The van der Waals surface area contributed by atoms with Gasteiger partial charge in [-0.25, -0.2) is 4.68 Å². The highest BCUT2D eigenvalue weighted by Gasteiger charge is 2.31. The van der Waals surface area contributed by atoms with E-state index in [4.69, 9.17) is 4.74 Å². The van der Waals surface area contributed by atoms with Crippen molar-refractivity contribution in [2.75, 3.05) is 20.2 Å². The second-order valence-corrected chi connectivity index (χ2v) is 8.18. The minimum atomic E-state index is 0.112. The molecule has 1 fully saturated rings. The summed E-state index contributed by atoms with van der Waals surface area (Å²) in [4.78, 5) is 3.84. The van der Waals surface area contributed by atoms with E-state index in [-0.39, 0.29) is 6.04 Å². The van der Waals surface area contributed by atoms with Gasteiger partial charge in [-0.15, -0.1) is 16.4 Å². The monoisotopic (exact) mass is 383 g/mol. The zero-order valence-corrected chi connectivity index (χ0v) is 16.6. The first-order valence-electron chi connectivity index (χ1n) is 9.41. The van der Waals surface area contributed by atoms with Gasteiger partial charge in [0.2, 0.25) is 0 Å². The molecule has 0 saturated carbocycles. The van der Waals surface area contributed by atoms with Gasteiger partial charge in [0.1, 0.15) is 11.8 Å². The Labute approximate surface area is 163 Å². The molecule has 142 valence electrons. The van der Waals surface area contributed by atoms with Crippen LogP contribution in [-0.4, -0.2) is 45.3 Å². The topological polar surface area (TPSA) is 56.1 Å². The van der Waals surface area contributed by atoms with E-state index in [9.17, 15) is 0 Å². The van der Waals surface area contributed by atoms with Crippen molar-refractivity contribution >= 4 is 11.3 Å². The Kier molecular flexibility index (Phi) is 5.50. The standard InChI is InChI=1S/C20H25N5OS/c1-15-5-3-11-24(13-15)19(18-6-4-12-27-18)20-21-22-23-25(20)14-16-7-9-17(26-2)10-8-16/h4,6-10,12,15,19H,3,5,11,13-14H2,1-2H3/t15-,19+/m0/s1. The average molecular weight is 384 g/mol. The van der Waals surface area contributed by atoms with E-state index in [1.165, 1.54) is 17.7 Å². The number of ether oxygens (including phenoxy) is 1. The van der Waals surface area contributed by atoms with Crippen molar-refractivity contribution in [2.24, 2.45) is 5.92 Å². The first kappa shape index (κ1) is 18.1. The van der Waals surface area contributed by atoms with Crippen molar-refractivity contribution in [2.45, 2.75) is 32.4 Å². The van der Waals surface area contributed by atoms with Crippen LogP contribution in [0.25, 0.3) is 0 Å². The molecule has 1 aliphatic rings. The van der Waals surface area contributed by atoms with Gasteiger partial charge in [0.05, 0.1) is 13.7 Å². The van der Waals surface area contributed by atoms with E-state index in [2.05, 4.69) is 57.0 Å². The predicted molar refractivity (Wildman–Crippen MR) is 106 cm³/mol. The number of hydrogen-bond acceptors (Lipinski definition) is 6. The molecule has 0 bridgehead atoms. The maximum atomic E-state index is 5.25. The molecule has 3 aromatic rings. The number of benzene rings is 1. The third-order valence-corrected chi connectivity index (χ3v) is 6.09. The Bertz CT molecular complexity index is 846. The Hall–Kier alpha value is -2.25. The first-order chi connectivity index (χ1) is 13.2. The second-order valence-electron chi connectivity index (χ2n) is 7.20. The highest BCUT2D eigenvalue weighted by atomic mass is 32.1. The molecule has 2 aromatic heterocycles. The highest BCUT2D eigenvalue weighted by molar-refractivity contribution is 7.10. The van der Waals surface area contributed by atoms with Crippen LogP contribution in [0.2, 0.25) is 0 Å². The van der Waals surface area contributed by atoms with Crippen LogP contribution in [0, 0.1) is 5.92 Å². The van der Waals surface area contributed by atoms with Gasteiger partial charge in [0, 0.05) is 11.4 Å². The third-order valence-electron chi connectivity index (χ3n) is 5.16. The summed E-state index contributed by atoms with van der Waals surface area (Å²) in [6.07, 6.45) is 2.52. The van der Waals surface area contributed by atoms with E-state index in [1.807, 2.05) is 16.8 Å². The van der Waals surface area contributed by atoms with E-state index in [1.54, 1.807) is 18.4 Å². The van der Waals surface area contributed by atoms with E-state index < -0.39 is 0 Å². The SMILES string of the molecule is COc1ccc(Cn2nnnc2[C@@H](c2cccs2)N2CCC[C@H](C)C2)cc1. The lowest BCUT2D eigenvalue weighted by molar-refractivity contribution is 0.144. The Morgan fingerprint density at radius 3 is 2.81 bits per heavy atom.